The zero-order valence-electron chi connectivity index (χ0n) is 17.6. The van der Waals surface area contributed by atoms with Crippen LogP contribution in [0, 0.1) is 0 Å². The van der Waals surface area contributed by atoms with E-state index in [9.17, 15) is 0 Å². The van der Waals surface area contributed by atoms with Crippen molar-refractivity contribution in [3.05, 3.63) is 35.7 Å². The summed E-state index contributed by atoms with van der Waals surface area (Å²) in [5.74, 6) is 0. The molecule has 0 saturated heterocycles. The van der Waals surface area contributed by atoms with E-state index >= 15 is 0 Å². The minimum absolute atomic E-state index is 0.0320. The van der Waals surface area contributed by atoms with Crippen LogP contribution in [0.5, 0.6) is 0 Å². The lowest BCUT2D eigenvalue weighted by Gasteiger charge is -2.23. The average Bonchev–Trinajstić information content (AvgIpc) is 3.13. The number of nitrogens with zero attached hydrogens (tertiary/aromatic N) is 7. The van der Waals surface area contributed by atoms with Crippen LogP contribution in [-0.2, 0) is 25.7 Å². The molecule has 0 aromatic carbocycles. The minimum atomic E-state index is -0.101. The van der Waals surface area contributed by atoms with Crippen molar-refractivity contribution in [3.8, 4) is 0 Å². The third-order valence-corrected chi connectivity index (χ3v) is 3.75. The SMILES string of the molecule is Cn1cc(CN(C/C(N)=C/NC(C)(C)C)Cc2cn(C(C)(C)C)nn2)nn1. The van der Waals surface area contributed by atoms with Crippen molar-refractivity contribution in [1.82, 2.24) is 40.2 Å². The lowest BCUT2D eigenvalue weighted by molar-refractivity contribution is 0.270. The van der Waals surface area contributed by atoms with E-state index in [0.29, 0.717) is 19.6 Å². The first kappa shape index (κ1) is 20.9. The summed E-state index contributed by atoms with van der Waals surface area (Å²) in [5.41, 5.74) is 8.64. The van der Waals surface area contributed by atoms with Gasteiger partial charge in [-0.05, 0) is 41.5 Å². The van der Waals surface area contributed by atoms with Gasteiger partial charge in [0.25, 0.3) is 0 Å². The van der Waals surface area contributed by atoms with Crippen LogP contribution in [0.1, 0.15) is 52.9 Å². The maximum absolute atomic E-state index is 6.24. The van der Waals surface area contributed by atoms with Crippen LogP contribution in [-0.4, -0.2) is 47.0 Å². The van der Waals surface area contributed by atoms with Crippen LogP contribution in [0.2, 0.25) is 0 Å². The second-order valence-electron chi connectivity index (χ2n) is 8.97. The van der Waals surface area contributed by atoms with Crippen LogP contribution in [0.15, 0.2) is 24.3 Å². The van der Waals surface area contributed by atoms with Gasteiger partial charge in [-0.1, -0.05) is 10.4 Å². The fraction of sp³-hybridized carbons (Fsp3) is 0.667. The van der Waals surface area contributed by atoms with Gasteiger partial charge in [-0.2, -0.15) is 0 Å². The first-order valence-corrected chi connectivity index (χ1v) is 9.14. The number of aryl methyl sites for hydroxylation is 1. The number of aromatic nitrogens is 6. The normalized spacial score (nSPS) is 13.4. The molecule has 2 aromatic rings. The molecule has 27 heavy (non-hydrogen) atoms. The smallest absolute Gasteiger partial charge is 0.0967 e. The van der Waals surface area contributed by atoms with Gasteiger partial charge in [0.05, 0.1) is 23.1 Å². The Hall–Kier alpha value is -2.42. The van der Waals surface area contributed by atoms with Crippen LogP contribution in [0.4, 0.5) is 0 Å². The van der Waals surface area contributed by atoms with Gasteiger partial charge >= 0.3 is 0 Å². The summed E-state index contributed by atoms with van der Waals surface area (Å²) in [5, 5.41) is 20.1. The summed E-state index contributed by atoms with van der Waals surface area (Å²) in [7, 11) is 1.86. The quantitative estimate of drug-likeness (QED) is 0.753. The van der Waals surface area contributed by atoms with Gasteiger partial charge in [-0.3, -0.25) is 9.58 Å². The first-order valence-electron chi connectivity index (χ1n) is 9.14. The predicted octanol–water partition coefficient (Wildman–Crippen LogP) is 1.35. The van der Waals surface area contributed by atoms with Crippen LogP contribution < -0.4 is 11.1 Å². The molecule has 150 valence electrons. The van der Waals surface area contributed by atoms with Crippen LogP contribution >= 0.6 is 0 Å². The lowest BCUT2D eigenvalue weighted by Crippen LogP contribution is -2.34. The molecule has 0 aliphatic carbocycles. The summed E-state index contributed by atoms with van der Waals surface area (Å²) < 4.78 is 3.58. The predicted molar refractivity (Wildman–Crippen MR) is 105 cm³/mol. The molecule has 0 spiro atoms. The molecule has 0 saturated carbocycles. The molecule has 0 atom stereocenters. The second-order valence-corrected chi connectivity index (χ2v) is 8.97. The molecule has 2 aromatic heterocycles. The number of nitrogens with one attached hydrogen (secondary N) is 1. The first-order chi connectivity index (χ1) is 12.4. The second kappa shape index (κ2) is 8.08. The highest BCUT2D eigenvalue weighted by atomic mass is 15.4. The summed E-state index contributed by atoms with van der Waals surface area (Å²) in [6.07, 6.45) is 5.76. The summed E-state index contributed by atoms with van der Waals surface area (Å²) in [6, 6.07) is 0. The summed E-state index contributed by atoms with van der Waals surface area (Å²) >= 11 is 0. The fourth-order valence-electron chi connectivity index (χ4n) is 2.41. The zero-order valence-corrected chi connectivity index (χ0v) is 17.6. The van der Waals surface area contributed by atoms with Gasteiger partial charge in [0.2, 0.25) is 0 Å². The van der Waals surface area contributed by atoms with Crippen molar-refractivity contribution in [1.29, 1.82) is 0 Å². The maximum Gasteiger partial charge on any atom is 0.0967 e. The van der Waals surface area contributed by atoms with Crippen molar-refractivity contribution in [2.75, 3.05) is 6.54 Å². The minimum Gasteiger partial charge on any atom is -0.400 e. The Morgan fingerprint density at radius 2 is 1.67 bits per heavy atom. The Morgan fingerprint density at radius 1 is 1.07 bits per heavy atom. The summed E-state index contributed by atoms with van der Waals surface area (Å²) in [6.45, 7) is 14.4. The molecular formula is C18H33N9. The van der Waals surface area contributed by atoms with Gasteiger partial charge in [-0.25, -0.2) is 4.68 Å². The molecule has 0 fully saturated rings. The molecule has 2 rings (SSSR count). The van der Waals surface area contributed by atoms with Gasteiger partial charge in [0, 0.05) is 50.3 Å². The number of rotatable bonds is 7. The largest absolute Gasteiger partial charge is 0.400 e. The van der Waals surface area contributed by atoms with E-state index in [4.69, 9.17) is 5.73 Å². The maximum atomic E-state index is 6.24. The van der Waals surface area contributed by atoms with Gasteiger partial charge in [0.1, 0.15) is 0 Å². The molecule has 9 heteroatoms. The van der Waals surface area contributed by atoms with Gasteiger partial charge in [-0.15, -0.1) is 10.2 Å². The van der Waals surface area contributed by atoms with E-state index in [1.54, 1.807) is 4.68 Å². The van der Waals surface area contributed by atoms with E-state index in [0.717, 1.165) is 17.1 Å². The van der Waals surface area contributed by atoms with Crippen LogP contribution in [0.25, 0.3) is 0 Å². The number of hydrogen-bond acceptors (Lipinski definition) is 7. The fourth-order valence-corrected chi connectivity index (χ4v) is 2.41. The van der Waals surface area contributed by atoms with Crippen molar-refractivity contribution in [2.45, 2.75) is 65.7 Å². The Labute approximate surface area is 161 Å². The molecule has 9 nitrogen and oxygen atoms in total. The highest BCUT2D eigenvalue weighted by Crippen LogP contribution is 2.14. The lowest BCUT2D eigenvalue weighted by atomic mass is 10.1. The number of nitrogens with two attached hydrogens (primary N) is 1. The van der Waals surface area contributed by atoms with Gasteiger partial charge in [0.15, 0.2) is 0 Å². The molecule has 0 radical (unpaired) electrons. The molecule has 0 aliphatic heterocycles. The van der Waals surface area contributed by atoms with E-state index in [-0.39, 0.29) is 11.1 Å². The Balaban J connectivity index is 2.12. The molecule has 0 aliphatic rings. The van der Waals surface area contributed by atoms with E-state index < -0.39 is 0 Å². The third-order valence-electron chi connectivity index (χ3n) is 3.75. The average molecular weight is 376 g/mol. The zero-order chi connectivity index (χ0) is 20.2. The van der Waals surface area contributed by atoms with Crippen molar-refractivity contribution in [3.63, 3.8) is 0 Å². The van der Waals surface area contributed by atoms with Crippen molar-refractivity contribution >= 4 is 0 Å². The van der Waals surface area contributed by atoms with Gasteiger partial charge < -0.3 is 11.1 Å². The topological polar surface area (TPSA) is 103 Å². The standard InChI is InChI=1S/C18H33N9/c1-17(2,3)20-8-14(19)9-26(11-15-10-25(7)23-21-15)12-16-13-27(24-22-16)18(4,5)6/h8,10,13,20H,9,11-12,19H2,1-7H3/b14-8-. The number of hydrogen-bond donors (Lipinski definition) is 2. The Kier molecular flexibility index (Phi) is 6.25. The highest BCUT2D eigenvalue weighted by molar-refractivity contribution is 5.04. The van der Waals surface area contributed by atoms with Crippen LogP contribution in [0.3, 0.4) is 0 Å². The molecule has 0 amide bonds. The van der Waals surface area contributed by atoms with E-state index in [2.05, 4.69) is 72.4 Å². The van der Waals surface area contributed by atoms with E-state index in [1.807, 2.05) is 30.3 Å². The third kappa shape index (κ3) is 7.01. The molecule has 0 unspecified atom stereocenters. The highest BCUT2D eigenvalue weighted by Gasteiger charge is 2.18. The molecular weight excluding hydrogens is 342 g/mol. The molecule has 2 heterocycles. The Morgan fingerprint density at radius 3 is 2.15 bits per heavy atom. The summed E-state index contributed by atoms with van der Waals surface area (Å²) in [4.78, 5) is 2.18. The van der Waals surface area contributed by atoms with E-state index in [1.165, 1.54) is 0 Å². The molecule has 3 N–H and O–H groups in total. The van der Waals surface area contributed by atoms with Crippen molar-refractivity contribution in [2.24, 2.45) is 12.8 Å². The molecule has 0 bridgehead atoms. The van der Waals surface area contributed by atoms with Crippen molar-refractivity contribution < 1.29 is 0 Å². The Bertz CT molecular complexity index is 758. The monoisotopic (exact) mass is 375 g/mol.